The van der Waals surface area contributed by atoms with Gasteiger partial charge in [-0.3, -0.25) is 0 Å². The summed E-state index contributed by atoms with van der Waals surface area (Å²) in [6.45, 7) is 13.7. The Morgan fingerprint density at radius 3 is 2.70 bits per heavy atom. The highest BCUT2D eigenvalue weighted by Crippen LogP contribution is 2.70. The standard InChI is InChI=1S/C24H37N2P/c1-14-18-13-23-10-6-17(21(18)15(2)26-14)12-20(23)22(4)8-5-9-24(25,16(3)27)19(22)7-11-23/h13,15,17,19-21,26H,1,3,5-12,25,27H2,2,4H3. The van der Waals surface area contributed by atoms with Crippen molar-refractivity contribution in [3.8, 4) is 0 Å². The second-order valence-corrected chi connectivity index (χ2v) is 11.6. The molecule has 0 aromatic rings. The molecule has 4 fully saturated rings. The molecule has 2 nitrogen and oxygen atoms in total. The first-order valence-corrected chi connectivity index (χ1v) is 11.7. The summed E-state index contributed by atoms with van der Waals surface area (Å²) in [5.41, 5.74) is 10.4. The molecule has 27 heavy (non-hydrogen) atoms. The molecule has 0 aromatic heterocycles. The Bertz CT molecular complexity index is 741. The number of allylic oxidation sites excluding steroid dienone is 2. The topological polar surface area (TPSA) is 38.0 Å². The van der Waals surface area contributed by atoms with Crippen molar-refractivity contribution in [2.45, 2.75) is 76.8 Å². The lowest BCUT2D eigenvalue weighted by Gasteiger charge is -2.65. The van der Waals surface area contributed by atoms with E-state index in [1.807, 2.05) is 0 Å². The van der Waals surface area contributed by atoms with E-state index in [0.717, 1.165) is 23.6 Å². The maximum absolute atomic E-state index is 7.07. The second-order valence-electron chi connectivity index (χ2n) is 10.9. The predicted octanol–water partition coefficient (Wildman–Crippen LogP) is 5.14. The summed E-state index contributed by atoms with van der Waals surface area (Å²) in [6.07, 6.45) is 13.2. The molecule has 2 bridgehead atoms. The molecule has 3 heteroatoms. The highest BCUT2D eigenvalue weighted by atomic mass is 31.0. The zero-order chi connectivity index (χ0) is 19.2. The van der Waals surface area contributed by atoms with Crippen molar-refractivity contribution in [2.24, 2.45) is 40.2 Å². The van der Waals surface area contributed by atoms with E-state index in [1.165, 1.54) is 50.6 Å². The fourth-order valence-corrected chi connectivity index (χ4v) is 9.00. The molecule has 1 saturated heterocycles. The molecule has 0 radical (unpaired) electrons. The van der Waals surface area contributed by atoms with Gasteiger partial charge in [0.05, 0.1) is 0 Å². The van der Waals surface area contributed by atoms with E-state index < -0.39 is 0 Å². The maximum atomic E-state index is 7.07. The predicted molar refractivity (Wildman–Crippen MR) is 117 cm³/mol. The number of nitrogens with one attached hydrogen (secondary N) is 1. The molecule has 3 saturated carbocycles. The van der Waals surface area contributed by atoms with Crippen LogP contribution in [-0.4, -0.2) is 11.6 Å². The van der Waals surface area contributed by atoms with E-state index in [2.05, 4.69) is 47.6 Å². The van der Waals surface area contributed by atoms with Crippen LogP contribution in [0, 0.1) is 34.5 Å². The summed E-state index contributed by atoms with van der Waals surface area (Å²) in [7, 11) is 2.87. The molecule has 0 aromatic carbocycles. The summed E-state index contributed by atoms with van der Waals surface area (Å²) in [4.78, 5) is 0. The Morgan fingerprint density at radius 2 is 1.96 bits per heavy atom. The van der Waals surface area contributed by atoms with Gasteiger partial charge >= 0.3 is 0 Å². The van der Waals surface area contributed by atoms with Crippen molar-refractivity contribution < 1.29 is 0 Å². The zero-order valence-corrected chi connectivity index (χ0v) is 18.3. The molecule has 1 heterocycles. The SMILES string of the molecule is C=C1NC(C)C2C1=CC13CCC2CC1C1(C)CCCC(N)(C(=C)P)C1CC3. The molecule has 0 amide bonds. The number of fused-ring (bicyclic) bond motifs is 2. The Morgan fingerprint density at radius 1 is 1.22 bits per heavy atom. The number of hydrogen-bond donors (Lipinski definition) is 2. The molecule has 9 atom stereocenters. The molecular weight excluding hydrogens is 347 g/mol. The summed E-state index contributed by atoms with van der Waals surface area (Å²) in [5.74, 6) is 2.83. The normalized spacial score (nSPS) is 53.6. The number of nitrogens with two attached hydrogens (primary N) is 1. The third kappa shape index (κ3) is 2.26. The Balaban J connectivity index is 1.61. The van der Waals surface area contributed by atoms with E-state index in [4.69, 9.17) is 5.73 Å². The molecule has 9 unspecified atom stereocenters. The van der Waals surface area contributed by atoms with Gasteiger partial charge in [-0.15, -0.1) is 9.24 Å². The van der Waals surface area contributed by atoms with Gasteiger partial charge in [-0.2, -0.15) is 0 Å². The van der Waals surface area contributed by atoms with Crippen molar-refractivity contribution in [2.75, 3.05) is 0 Å². The van der Waals surface area contributed by atoms with Gasteiger partial charge in [-0.1, -0.05) is 32.6 Å². The minimum absolute atomic E-state index is 0.188. The summed E-state index contributed by atoms with van der Waals surface area (Å²) in [6, 6.07) is 0.541. The van der Waals surface area contributed by atoms with Crippen molar-refractivity contribution in [1.29, 1.82) is 0 Å². The van der Waals surface area contributed by atoms with Crippen LogP contribution in [0.5, 0.6) is 0 Å². The molecule has 5 aliphatic carbocycles. The van der Waals surface area contributed by atoms with Crippen LogP contribution in [0.25, 0.3) is 0 Å². The van der Waals surface area contributed by atoms with Crippen molar-refractivity contribution in [3.63, 3.8) is 0 Å². The maximum Gasteiger partial charge on any atom is 0.0436 e. The molecule has 148 valence electrons. The molecule has 3 N–H and O–H groups in total. The number of hydrogen-bond acceptors (Lipinski definition) is 2. The summed E-state index contributed by atoms with van der Waals surface area (Å²) >= 11 is 0. The minimum Gasteiger partial charge on any atom is -0.382 e. The highest BCUT2D eigenvalue weighted by Gasteiger charge is 2.63. The molecule has 1 spiro atoms. The number of rotatable bonds is 1. The lowest BCUT2D eigenvalue weighted by Crippen LogP contribution is -2.63. The Labute approximate surface area is 167 Å². The fraction of sp³-hybridized carbons (Fsp3) is 0.750. The van der Waals surface area contributed by atoms with E-state index in [1.54, 1.807) is 5.57 Å². The zero-order valence-electron chi connectivity index (χ0n) is 17.2. The first-order chi connectivity index (χ1) is 12.7. The molecule has 6 aliphatic rings. The Kier molecular flexibility index (Phi) is 3.91. The lowest BCUT2D eigenvalue weighted by molar-refractivity contribution is -0.118. The fourth-order valence-electron chi connectivity index (χ4n) is 8.65. The van der Waals surface area contributed by atoms with Gasteiger partial charge in [-0.05, 0) is 91.3 Å². The quantitative estimate of drug-likeness (QED) is 0.615. The van der Waals surface area contributed by atoms with Crippen LogP contribution in [0.3, 0.4) is 0 Å². The highest BCUT2D eigenvalue weighted by molar-refractivity contribution is 7.22. The van der Waals surface area contributed by atoms with Gasteiger partial charge in [-0.25, -0.2) is 0 Å². The van der Waals surface area contributed by atoms with Crippen LogP contribution < -0.4 is 11.1 Å². The van der Waals surface area contributed by atoms with Gasteiger partial charge in [0.2, 0.25) is 0 Å². The molecular formula is C24H37N2P. The van der Waals surface area contributed by atoms with Crippen molar-refractivity contribution in [3.05, 3.63) is 35.8 Å². The lowest BCUT2D eigenvalue weighted by atomic mass is 9.41. The first-order valence-electron chi connectivity index (χ1n) is 11.1. The van der Waals surface area contributed by atoms with Gasteiger partial charge in [0.25, 0.3) is 0 Å². The molecule has 1 aliphatic heterocycles. The van der Waals surface area contributed by atoms with Crippen LogP contribution in [0.4, 0.5) is 0 Å². The van der Waals surface area contributed by atoms with Gasteiger partial charge in [0, 0.05) is 23.2 Å². The van der Waals surface area contributed by atoms with Crippen LogP contribution in [0.1, 0.15) is 65.2 Å². The van der Waals surface area contributed by atoms with Crippen LogP contribution in [0.2, 0.25) is 0 Å². The molecule has 6 rings (SSSR count). The van der Waals surface area contributed by atoms with Gasteiger partial charge < -0.3 is 11.1 Å². The Hall–Kier alpha value is -0.590. The van der Waals surface area contributed by atoms with E-state index >= 15 is 0 Å². The van der Waals surface area contributed by atoms with Gasteiger partial charge in [0.15, 0.2) is 0 Å². The third-order valence-corrected chi connectivity index (χ3v) is 10.4. The van der Waals surface area contributed by atoms with E-state index in [0.29, 0.717) is 28.7 Å². The smallest absolute Gasteiger partial charge is 0.0436 e. The van der Waals surface area contributed by atoms with Crippen LogP contribution in [0.15, 0.2) is 35.8 Å². The minimum atomic E-state index is -0.188. The summed E-state index contributed by atoms with van der Waals surface area (Å²) in [5, 5.41) is 4.79. The average molecular weight is 385 g/mol. The van der Waals surface area contributed by atoms with E-state index in [-0.39, 0.29) is 5.54 Å². The summed E-state index contributed by atoms with van der Waals surface area (Å²) < 4.78 is 0. The average Bonchev–Trinajstić information content (AvgIpc) is 2.76. The first kappa shape index (κ1) is 18.4. The largest absolute Gasteiger partial charge is 0.382 e. The van der Waals surface area contributed by atoms with Gasteiger partial charge in [0.1, 0.15) is 0 Å². The van der Waals surface area contributed by atoms with Crippen LogP contribution >= 0.6 is 9.24 Å². The van der Waals surface area contributed by atoms with Crippen LogP contribution in [-0.2, 0) is 0 Å². The van der Waals surface area contributed by atoms with Crippen molar-refractivity contribution >= 4 is 9.24 Å². The van der Waals surface area contributed by atoms with E-state index in [9.17, 15) is 0 Å². The second kappa shape index (κ2) is 5.73. The monoisotopic (exact) mass is 384 g/mol. The third-order valence-electron chi connectivity index (χ3n) is 9.83. The van der Waals surface area contributed by atoms with Crippen molar-refractivity contribution in [1.82, 2.24) is 5.32 Å².